The quantitative estimate of drug-likeness (QED) is 0.694. The summed E-state index contributed by atoms with van der Waals surface area (Å²) < 4.78 is 0. The zero-order chi connectivity index (χ0) is 9.68. The molecule has 72 valence electrons. The van der Waals surface area contributed by atoms with Crippen LogP contribution < -0.4 is 5.32 Å². The number of aliphatic hydroxyl groups excluding tert-OH is 1. The molecule has 0 atom stereocenters. The van der Waals surface area contributed by atoms with Gasteiger partial charge in [0.25, 0.3) is 0 Å². The van der Waals surface area contributed by atoms with Gasteiger partial charge in [-0.05, 0) is 24.0 Å². The highest BCUT2D eigenvalue weighted by molar-refractivity contribution is 5.57. The van der Waals surface area contributed by atoms with E-state index in [0.29, 0.717) is 0 Å². The summed E-state index contributed by atoms with van der Waals surface area (Å²) in [5, 5.41) is 11.9. The first kappa shape index (κ1) is 10.1. The lowest BCUT2D eigenvalue weighted by molar-refractivity contribution is 0.325. The summed E-state index contributed by atoms with van der Waals surface area (Å²) in [4.78, 5) is 0. The van der Waals surface area contributed by atoms with Gasteiger partial charge < -0.3 is 10.4 Å². The van der Waals surface area contributed by atoms with Crippen molar-refractivity contribution in [3.63, 3.8) is 0 Å². The van der Waals surface area contributed by atoms with Crippen molar-refractivity contribution in [2.75, 3.05) is 12.0 Å². The van der Waals surface area contributed by atoms with E-state index in [0.717, 1.165) is 18.5 Å². The fourth-order valence-corrected chi connectivity index (χ4v) is 1.55. The van der Waals surface area contributed by atoms with Crippen molar-refractivity contribution in [3.05, 3.63) is 29.3 Å². The first-order valence-electron chi connectivity index (χ1n) is 4.79. The fraction of sp³-hybridized carbons (Fsp3) is 0.455. The van der Waals surface area contributed by atoms with Crippen LogP contribution in [0.25, 0.3) is 0 Å². The van der Waals surface area contributed by atoms with Crippen molar-refractivity contribution in [2.45, 2.75) is 26.7 Å². The lowest BCUT2D eigenvalue weighted by Crippen LogP contribution is -2.05. The number of aliphatic hydroxyl groups is 1. The molecule has 2 N–H and O–H groups in total. The van der Waals surface area contributed by atoms with E-state index in [9.17, 15) is 0 Å². The molecular weight excluding hydrogens is 162 g/mol. The molecule has 0 aliphatic carbocycles. The third-order valence-corrected chi connectivity index (χ3v) is 2.25. The molecule has 13 heavy (non-hydrogen) atoms. The average molecular weight is 179 g/mol. The second kappa shape index (κ2) is 4.87. The molecule has 0 spiro atoms. The van der Waals surface area contributed by atoms with Crippen LogP contribution >= 0.6 is 0 Å². The highest BCUT2D eigenvalue weighted by Crippen LogP contribution is 2.21. The average Bonchev–Trinajstić information content (AvgIpc) is 2.18. The van der Waals surface area contributed by atoms with E-state index in [4.69, 9.17) is 5.11 Å². The van der Waals surface area contributed by atoms with Gasteiger partial charge >= 0.3 is 0 Å². The first-order chi connectivity index (χ1) is 6.33. The van der Waals surface area contributed by atoms with Crippen LogP contribution in [0.5, 0.6) is 0 Å². The summed E-state index contributed by atoms with van der Waals surface area (Å²) in [6, 6.07) is 6.26. The van der Waals surface area contributed by atoms with E-state index < -0.39 is 0 Å². The van der Waals surface area contributed by atoms with Gasteiger partial charge in [0.2, 0.25) is 0 Å². The Morgan fingerprint density at radius 1 is 1.15 bits per heavy atom. The standard InChI is InChI=1S/C11H17NO/c1-3-9-6-5-7-10(4-2)11(9)12-8-13/h5-7,12-13H,3-4,8H2,1-2H3. The van der Waals surface area contributed by atoms with E-state index in [1.165, 1.54) is 11.1 Å². The predicted octanol–water partition coefficient (Wildman–Crippen LogP) is 2.17. The summed E-state index contributed by atoms with van der Waals surface area (Å²) in [5.41, 5.74) is 3.65. The number of benzene rings is 1. The van der Waals surface area contributed by atoms with Crippen LogP contribution in [0.2, 0.25) is 0 Å². The van der Waals surface area contributed by atoms with E-state index in [-0.39, 0.29) is 6.73 Å². The molecule has 0 unspecified atom stereocenters. The van der Waals surface area contributed by atoms with Crippen LogP contribution in [-0.4, -0.2) is 11.8 Å². The molecule has 0 amide bonds. The molecule has 0 bridgehead atoms. The molecule has 1 aromatic rings. The maximum Gasteiger partial charge on any atom is 0.113 e. The molecular formula is C11H17NO. The number of hydrogen-bond donors (Lipinski definition) is 2. The highest BCUT2D eigenvalue weighted by Gasteiger charge is 2.03. The Morgan fingerprint density at radius 3 is 2.08 bits per heavy atom. The van der Waals surface area contributed by atoms with Crippen LogP contribution in [-0.2, 0) is 12.8 Å². The topological polar surface area (TPSA) is 32.3 Å². The van der Waals surface area contributed by atoms with Crippen molar-refractivity contribution < 1.29 is 5.11 Å². The summed E-state index contributed by atoms with van der Waals surface area (Å²) in [5.74, 6) is 0. The maximum atomic E-state index is 8.85. The highest BCUT2D eigenvalue weighted by atomic mass is 16.3. The first-order valence-corrected chi connectivity index (χ1v) is 4.79. The molecule has 0 heterocycles. The van der Waals surface area contributed by atoms with Crippen LogP contribution in [0.3, 0.4) is 0 Å². The molecule has 0 saturated heterocycles. The van der Waals surface area contributed by atoms with Gasteiger partial charge in [0.1, 0.15) is 6.73 Å². The van der Waals surface area contributed by atoms with Crippen molar-refractivity contribution in [1.29, 1.82) is 0 Å². The Balaban J connectivity index is 3.05. The lowest BCUT2D eigenvalue weighted by Gasteiger charge is -2.13. The van der Waals surface area contributed by atoms with Gasteiger partial charge in [-0.3, -0.25) is 0 Å². The number of hydrogen-bond acceptors (Lipinski definition) is 2. The SMILES string of the molecule is CCc1cccc(CC)c1NCO. The van der Waals surface area contributed by atoms with Gasteiger partial charge in [-0.15, -0.1) is 0 Å². The Morgan fingerprint density at radius 2 is 1.69 bits per heavy atom. The minimum Gasteiger partial charge on any atom is -0.377 e. The number of rotatable bonds is 4. The van der Waals surface area contributed by atoms with Gasteiger partial charge in [-0.1, -0.05) is 32.0 Å². The Labute approximate surface area is 79.6 Å². The fourth-order valence-electron chi connectivity index (χ4n) is 1.55. The zero-order valence-electron chi connectivity index (χ0n) is 8.30. The maximum absolute atomic E-state index is 8.85. The predicted molar refractivity (Wildman–Crippen MR) is 55.9 cm³/mol. The minimum atomic E-state index is 0.00398. The van der Waals surface area contributed by atoms with Crippen LogP contribution in [0.1, 0.15) is 25.0 Å². The van der Waals surface area contributed by atoms with Gasteiger partial charge in [0.05, 0.1) is 0 Å². The van der Waals surface area contributed by atoms with E-state index >= 15 is 0 Å². The largest absolute Gasteiger partial charge is 0.377 e. The number of anilines is 1. The van der Waals surface area contributed by atoms with E-state index in [1.54, 1.807) is 0 Å². The van der Waals surface area contributed by atoms with Crippen LogP contribution in [0.15, 0.2) is 18.2 Å². The smallest absolute Gasteiger partial charge is 0.113 e. The van der Waals surface area contributed by atoms with Crippen LogP contribution in [0.4, 0.5) is 5.69 Å². The number of para-hydroxylation sites is 1. The van der Waals surface area contributed by atoms with Gasteiger partial charge in [0.15, 0.2) is 0 Å². The van der Waals surface area contributed by atoms with Gasteiger partial charge in [0, 0.05) is 5.69 Å². The Hall–Kier alpha value is -1.02. The van der Waals surface area contributed by atoms with Crippen molar-refractivity contribution in [1.82, 2.24) is 0 Å². The summed E-state index contributed by atoms with van der Waals surface area (Å²) >= 11 is 0. The molecule has 2 nitrogen and oxygen atoms in total. The molecule has 0 aliphatic heterocycles. The summed E-state index contributed by atoms with van der Waals surface area (Å²) in [6.07, 6.45) is 1.99. The summed E-state index contributed by atoms with van der Waals surface area (Å²) in [7, 11) is 0. The molecule has 0 radical (unpaired) electrons. The van der Waals surface area contributed by atoms with Crippen LogP contribution in [0, 0.1) is 0 Å². The normalized spacial score (nSPS) is 10.1. The zero-order valence-corrected chi connectivity index (χ0v) is 8.30. The third kappa shape index (κ3) is 2.22. The molecule has 0 fully saturated rings. The Bertz CT molecular complexity index is 249. The van der Waals surface area contributed by atoms with Gasteiger partial charge in [-0.25, -0.2) is 0 Å². The third-order valence-electron chi connectivity index (χ3n) is 2.25. The van der Waals surface area contributed by atoms with Crippen molar-refractivity contribution >= 4 is 5.69 Å². The van der Waals surface area contributed by atoms with Crippen molar-refractivity contribution in [3.8, 4) is 0 Å². The Kier molecular flexibility index (Phi) is 3.77. The number of aryl methyl sites for hydroxylation is 2. The van der Waals surface area contributed by atoms with Gasteiger partial charge in [-0.2, -0.15) is 0 Å². The van der Waals surface area contributed by atoms with Crippen molar-refractivity contribution in [2.24, 2.45) is 0 Å². The molecule has 0 saturated carbocycles. The summed E-state index contributed by atoms with van der Waals surface area (Å²) in [6.45, 7) is 4.25. The second-order valence-electron chi connectivity index (χ2n) is 2.99. The van der Waals surface area contributed by atoms with E-state index in [2.05, 4.69) is 37.4 Å². The second-order valence-corrected chi connectivity index (χ2v) is 2.99. The molecule has 1 rings (SSSR count). The minimum absolute atomic E-state index is 0.00398. The molecule has 0 aliphatic rings. The molecule has 0 aromatic heterocycles. The molecule has 1 aromatic carbocycles. The number of nitrogens with one attached hydrogen (secondary N) is 1. The van der Waals surface area contributed by atoms with E-state index in [1.807, 2.05) is 0 Å². The monoisotopic (exact) mass is 179 g/mol. The lowest BCUT2D eigenvalue weighted by atomic mass is 10.0. The molecule has 2 heteroatoms.